The molecule has 2 aliphatic carbocycles. The molecule has 1 fully saturated rings. The Morgan fingerprint density at radius 1 is 1.07 bits per heavy atom. The van der Waals surface area contributed by atoms with Gasteiger partial charge >= 0.3 is 0 Å². The van der Waals surface area contributed by atoms with E-state index < -0.39 is 5.60 Å². The molecular weight excluding hydrogens is 176 g/mol. The number of hydrogen-bond acceptors (Lipinski definition) is 2. The maximum absolute atomic E-state index is 10.6. The van der Waals surface area contributed by atoms with Crippen LogP contribution in [0.25, 0.3) is 0 Å². The van der Waals surface area contributed by atoms with Crippen molar-refractivity contribution >= 4 is 0 Å². The van der Waals surface area contributed by atoms with E-state index in [1.54, 1.807) is 0 Å². The Morgan fingerprint density at radius 2 is 1.86 bits per heavy atom. The Kier molecular flexibility index (Phi) is 2.67. The minimum atomic E-state index is -0.632. The maximum atomic E-state index is 10.6. The zero-order valence-electron chi connectivity index (χ0n) is 8.71. The van der Waals surface area contributed by atoms with E-state index in [4.69, 9.17) is 0 Å². The van der Waals surface area contributed by atoms with Crippen molar-refractivity contribution in [2.45, 2.75) is 50.5 Å². The number of aliphatic hydroxyl groups excluding tert-OH is 1. The van der Waals surface area contributed by atoms with Crippen molar-refractivity contribution < 1.29 is 10.2 Å². The third-order valence-corrected chi connectivity index (χ3v) is 4.20. The van der Waals surface area contributed by atoms with Gasteiger partial charge in [-0.05, 0) is 32.1 Å². The summed E-state index contributed by atoms with van der Waals surface area (Å²) >= 11 is 0. The molecular formula is C12H20O2. The van der Waals surface area contributed by atoms with Crippen LogP contribution in [0.1, 0.15) is 44.9 Å². The standard InChI is InChI=1S/C12H20O2/c13-10-11-6-2-1-3-8-12(11,14)9-5-4-7-11/h1,3,13-14H,2,4-10H2/t11-,12+/m0/s1. The van der Waals surface area contributed by atoms with Gasteiger partial charge in [-0.2, -0.15) is 0 Å². The molecule has 0 unspecified atom stereocenters. The molecule has 0 aromatic heterocycles. The summed E-state index contributed by atoms with van der Waals surface area (Å²) in [4.78, 5) is 0. The molecule has 2 nitrogen and oxygen atoms in total. The van der Waals surface area contributed by atoms with E-state index >= 15 is 0 Å². The lowest BCUT2D eigenvalue weighted by atomic mass is 9.61. The second kappa shape index (κ2) is 3.67. The lowest BCUT2D eigenvalue weighted by Gasteiger charge is -2.49. The molecule has 80 valence electrons. The second-order valence-electron chi connectivity index (χ2n) is 4.89. The highest BCUT2D eigenvalue weighted by Crippen LogP contribution is 2.50. The molecule has 0 amide bonds. The van der Waals surface area contributed by atoms with Crippen LogP contribution < -0.4 is 0 Å². The fraction of sp³-hybridized carbons (Fsp3) is 0.833. The van der Waals surface area contributed by atoms with Crippen LogP contribution in [-0.4, -0.2) is 22.4 Å². The Balaban J connectivity index is 2.28. The van der Waals surface area contributed by atoms with Crippen LogP contribution in [-0.2, 0) is 0 Å². The topological polar surface area (TPSA) is 40.5 Å². The van der Waals surface area contributed by atoms with Gasteiger partial charge < -0.3 is 10.2 Å². The van der Waals surface area contributed by atoms with Gasteiger partial charge in [0.2, 0.25) is 0 Å². The van der Waals surface area contributed by atoms with Gasteiger partial charge in [-0.3, -0.25) is 0 Å². The lowest BCUT2D eigenvalue weighted by molar-refractivity contribution is -0.136. The average Bonchev–Trinajstić information content (AvgIpc) is 2.37. The van der Waals surface area contributed by atoms with Crippen molar-refractivity contribution in [3.8, 4) is 0 Å². The number of fused-ring (bicyclic) bond motifs is 1. The summed E-state index contributed by atoms with van der Waals surface area (Å²) < 4.78 is 0. The summed E-state index contributed by atoms with van der Waals surface area (Å²) in [6.07, 6.45) is 11.0. The van der Waals surface area contributed by atoms with E-state index in [9.17, 15) is 10.2 Å². The first-order chi connectivity index (χ1) is 6.72. The Bertz CT molecular complexity index is 236. The van der Waals surface area contributed by atoms with Crippen molar-refractivity contribution in [2.24, 2.45) is 5.41 Å². The Morgan fingerprint density at radius 3 is 2.64 bits per heavy atom. The monoisotopic (exact) mass is 196 g/mol. The van der Waals surface area contributed by atoms with Crippen molar-refractivity contribution in [3.05, 3.63) is 12.2 Å². The van der Waals surface area contributed by atoms with E-state index in [0.717, 1.165) is 44.9 Å². The fourth-order valence-corrected chi connectivity index (χ4v) is 3.12. The molecule has 2 N–H and O–H groups in total. The molecule has 0 aliphatic heterocycles. The predicted molar refractivity (Wildman–Crippen MR) is 55.9 cm³/mol. The molecule has 14 heavy (non-hydrogen) atoms. The zero-order valence-corrected chi connectivity index (χ0v) is 8.71. The number of allylic oxidation sites excluding steroid dienone is 1. The summed E-state index contributed by atoms with van der Waals surface area (Å²) in [5.41, 5.74) is -0.845. The SMILES string of the molecule is OC[C@@]12CCC=CC[C@@]1(O)CCCC2. The average molecular weight is 196 g/mol. The minimum absolute atomic E-state index is 0.144. The minimum Gasteiger partial charge on any atom is -0.396 e. The summed E-state index contributed by atoms with van der Waals surface area (Å²) in [5.74, 6) is 0. The molecule has 0 aromatic carbocycles. The zero-order chi connectivity index (χ0) is 10.1. The predicted octanol–water partition coefficient (Wildman–Crippen LogP) is 2.01. The van der Waals surface area contributed by atoms with Crippen LogP contribution in [0.15, 0.2) is 12.2 Å². The van der Waals surface area contributed by atoms with E-state index in [0.29, 0.717) is 0 Å². The number of rotatable bonds is 1. The summed E-state index contributed by atoms with van der Waals surface area (Å²) in [5, 5.41) is 20.2. The highest BCUT2D eigenvalue weighted by molar-refractivity contribution is 5.08. The highest BCUT2D eigenvalue weighted by atomic mass is 16.3. The van der Waals surface area contributed by atoms with E-state index in [1.807, 2.05) is 0 Å². The maximum Gasteiger partial charge on any atom is 0.0759 e. The lowest BCUT2D eigenvalue weighted by Crippen LogP contribution is -2.52. The van der Waals surface area contributed by atoms with Crippen LogP contribution in [0.3, 0.4) is 0 Å². The quantitative estimate of drug-likeness (QED) is 0.630. The molecule has 0 aromatic rings. The molecule has 0 radical (unpaired) electrons. The first-order valence-corrected chi connectivity index (χ1v) is 5.71. The normalized spacial score (nSPS) is 43.0. The molecule has 0 saturated heterocycles. The molecule has 0 bridgehead atoms. The van der Waals surface area contributed by atoms with E-state index in [2.05, 4.69) is 12.2 Å². The molecule has 0 spiro atoms. The van der Waals surface area contributed by atoms with Gasteiger partial charge in [0, 0.05) is 5.41 Å². The summed E-state index contributed by atoms with van der Waals surface area (Å²) in [6.45, 7) is 0.144. The highest BCUT2D eigenvalue weighted by Gasteiger charge is 2.50. The van der Waals surface area contributed by atoms with Crippen LogP contribution >= 0.6 is 0 Å². The Labute approximate surface area is 85.6 Å². The Hall–Kier alpha value is -0.340. The van der Waals surface area contributed by atoms with Gasteiger partial charge in [-0.1, -0.05) is 25.0 Å². The van der Waals surface area contributed by atoms with Crippen molar-refractivity contribution in [1.29, 1.82) is 0 Å². The van der Waals surface area contributed by atoms with Gasteiger partial charge in [-0.25, -0.2) is 0 Å². The summed E-state index contributed by atoms with van der Waals surface area (Å²) in [6, 6.07) is 0. The molecule has 2 atom stereocenters. The van der Waals surface area contributed by atoms with Crippen LogP contribution in [0, 0.1) is 5.41 Å². The summed E-state index contributed by atoms with van der Waals surface area (Å²) in [7, 11) is 0. The van der Waals surface area contributed by atoms with Gasteiger partial charge in [0.05, 0.1) is 12.2 Å². The van der Waals surface area contributed by atoms with Gasteiger partial charge in [0.15, 0.2) is 0 Å². The van der Waals surface area contributed by atoms with Gasteiger partial charge in [-0.15, -0.1) is 0 Å². The fourth-order valence-electron chi connectivity index (χ4n) is 3.12. The number of aliphatic hydroxyl groups is 2. The van der Waals surface area contributed by atoms with Gasteiger partial charge in [0.1, 0.15) is 0 Å². The second-order valence-corrected chi connectivity index (χ2v) is 4.89. The molecule has 2 heteroatoms. The largest absolute Gasteiger partial charge is 0.396 e. The van der Waals surface area contributed by atoms with Crippen LogP contribution in [0.5, 0.6) is 0 Å². The third kappa shape index (κ3) is 1.41. The van der Waals surface area contributed by atoms with Crippen molar-refractivity contribution in [2.75, 3.05) is 6.61 Å². The molecule has 2 aliphatic rings. The van der Waals surface area contributed by atoms with Gasteiger partial charge in [0.25, 0.3) is 0 Å². The first kappa shape index (κ1) is 10.2. The smallest absolute Gasteiger partial charge is 0.0759 e. The van der Waals surface area contributed by atoms with Crippen LogP contribution in [0.4, 0.5) is 0 Å². The molecule has 2 rings (SSSR count). The van der Waals surface area contributed by atoms with Crippen molar-refractivity contribution in [3.63, 3.8) is 0 Å². The van der Waals surface area contributed by atoms with Crippen molar-refractivity contribution in [1.82, 2.24) is 0 Å². The first-order valence-electron chi connectivity index (χ1n) is 5.71. The van der Waals surface area contributed by atoms with E-state index in [1.165, 1.54) is 0 Å². The van der Waals surface area contributed by atoms with Crippen LogP contribution in [0.2, 0.25) is 0 Å². The third-order valence-electron chi connectivity index (χ3n) is 4.20. The number of hydrogen-bond donors (Lipinski definition) is 2. The molecule has 1 saturated carbocycles. The molecule has 0 heterocycles. The van der Waals surface area contributed by atoms with E-state index in [-0.39, 0.29) is 12.0 Å².